The summed E-state index contributed by atoms with van der Waals surface area (Å²) in [6.07, 6.45) is -9.38. The van der Waals surface area contributed by atoms with Crippen LogP contribution < -0.4 is 20.0 Å². The van der Waals surface area contributed by atoms with Gasteiger partial charge < -0.3 is 32.8 Å². The van der Waals surface area contributed by atoms with Crippen molar-refractivity contribution in [3.8, 4) is 39.8 Å². The highest BCUT2D eigenvalue weighted by molar-refractivity contribution is 5.80. The molecule has 0 atom stereocenters. The first-order chi connectivity index (χ1) is 27.9. The lowest BCUT2D eigenvalue weighted by Gasteiger charge is -2.09. The molecule has 0 unspecified atom stereocenters. The van der Waals surface area contributed by atoms with E-state index in [2.05, 4.69) is 29.8 Å². The maximum absolute atomic E-state index is 12.3. The average Bonchev–Trinajstić information content (AvgIpc) is 3.90. The Morgan fingerprint density at radius 1 is 0.695 bits per heavy atom. The third kappa shape index (κ3) is 10.3. The fourth-order valence-electron chi connectivity index (χ4n) is 5.68. The monoisotopic (exact) mass is 827 g/mol. The number of carbonyl (C=O) groups is 1. The first kappa shape index (κ1) is 41.7. The maximum atomic E-state index is 12.3. The Hall–Kier alpha value is -6.96. The summed E-state index contributed by atoms with van der Waals surface area (Å²) in [6.45, 7) is 7.28. The van der Waals surface area contributed by atoms with Crippen molar-refractivity contribution < 1.29 is 63.9 Å². The Morgan fingerprint density at radius 2 is 1.20 bits per heavy atom. The minimum absolute atomic E-state index is 0.0150. The van der Waals surface area contributed by atoms with Crippen molar-refractivity contribution in [1.29, 1.82) is 0 Å². The number of hydrogen-bond donors (Lipinski definition) is 1. The van der Waals surface area contributed by atoms with E-state index in [0.717, 1.165) is 16.8 Å². The molecule has 308 valence electrons. The molecule has 8 rings (SSSR count). The molecule has 1 aliphatic rings. The largest absolute Gasteiger partial charge is 0.573 e. The highest BCUT2D eigenvalue weighted by atomic mass is 19.4. The number of aromatic nitrogens is 5. The summed E-state index contributed by atoms with van der Waals surface area (Å²) in [7, 11) is 0. The first-order valence-electron chi connectivity index (χ1n) is 17.2. The van der Waals surface area contributed by atoms with Crippen LogP contribution >= 0.6 is 0 Å². The molecule has 1 aliphatic heterocycles. The van der Waals surface area contributed by atoms with E-state index in [0.29, 0.717) is 62.4 Å². The number of ether oxygens (including phenoxy) is 3. The Kier molecular flexibility index (Phi) is 11.9. The summed E-state index contributed by atoms with van der Waals surface area (Å²) >= 11 is 0. The zero-order chi connectivity index (χ0) is 42.6. The van der Waals surface area contributed by atoms with Crippen LogP contribution in [0, 0.1) is 27.7 Å². The standard InChI is InChI=1S/C19H14F3N3O4.C14H8F3NO3.C6H9NO2/c1-10-14(11(2)29-24-10)9-25-17-16(27-18(25)26)8-7-15(23-17)12-3-5-13(6-4-12)28-19(20,21)22;15-14(16,17)21-9-3-1-8(2-4-9)10-5-6-12-11(18-10)7-13(19)20-12;1-4-6(3-8)5(2)9-7-4/h3-8H,9H2,1-2H3;1-6H,7H2;8H,3H2,1-2H3. The molecule has 0 amide bonds. The molecule has 0 saturated carbocycles. The molecule has 0 bridgehead atoms. The van der Waals surface area contributed by atoms with Crippen LogP contribution in [-0.4, -0.2) is 48.6 Å². The van der Waals surface area contributed by atoms with Crippen molar-refractivity contribution in [3.05, 3.63) is 123 Å². The lowest BCUT2D eigenvalue weighted by molar-refractivity contribution is -0.275. The summed E-state index contributed by atoms with van der Waals surface area (Å²) in [6, 6.07) is 17.1. The molecule has 6 heterocycles. The van der Waals surface area contributed by atoms with Crippen molar-refractivity contribution in [1.82, 2.24) is 24.8 Å². The van der Waals surface area contributed by atoms with E-state index in [9.17, 15) is 35.9 Å². The number of benzene rings is 2. The van der Waals surface area contributed by atoms with Gasteiger partial charge in [0.25, 0.3) is 0 Å². The normalized spacial score (nSPS) is 12.3. The van der Waals surface area contributed by atoms with Gasteiger partial charge in [-0.15, -0.1) is 26.3 Å². The second-order valence-electron chi connectivity index (χ2n) is 12.7. The van der Waals surface area contributed by atoms with E-state index in [1.807, 2.05) is 6.92 Å². The molecular formula is C39H31F6N5O9. The smallest absolute Gasteiger partial charge is 0.424 e. The van der Waals surface area contributed by atoms with Crippen LogP contribution in [0.4, 0.5) is 26.3 Å². The van der Waals surface area contributed by atoms with E-state index < -0.39 is 18.5 Å². The van der Waals surface area contributed by atoms with E-state index in [-0.39, 0.29) is 37.0 Å². The zero-order valence-corrected chi connectivity index (χ0v) is 31.3. The lowest BCUT2D eigenvalue weighted by atomic mass is 10.1. The minimum Gasteiger partial charge on any atom is -0.424 e. The summed E-state index contributed by atoms with van der Waals surface area (Å²) in [5.74, 6) is 0.116. The van der Waals surface area contributed by atoms with E-state index in [1.54, 1.807) is 45.0 Å². The molecule has 5 aromatic heterocycles. The fraction of sp³-hybridized carbons (Fsp3) is 0.231. The van der Waals surface area contributed by atoms with Gasteiger partial charge in [0.1, 0.15) is 23.0 Å². The van der Waals surface area contributed by atoms with E-state index in [4.69, 9.17) is 23.3 Å². The lowest BCUT2D eigenvalue weighted by Crippen LogP contribution is -2.17. The van der Waals surface area contributed by atoms with Gasteiger partial charge in [-0.3, -0.25) is 9.36 Å². The maximum Gasteiger partial charge on any atom is 0.573 e. The third-order valence-electron chi connectivity index (χ3n) is 8.58. The molecule has 0 radical (unpaired) electrons. The number of halogens is 6. The topological polar surface area (TPSA) is 178 Å². The molecule has 0 spiro atoms. The second-order valence-corrected chi connectivity index (χ2v) is 12.7. The fourth-order valence-corrected chi connectivity index (χ4v) is 5.68. The highest BCUT2D eigenvalue weighted by Crippen LogP contribution is 2.31. The number of carbonyl (C=O) groups excluding carboxylic acids is 1. The number of aryl methyl sites for hydroxylation is 4. The molecule has 59 heavy (non-hydrogen) atoms. The number of hydrogen-bond acceptors (Lipinski definition) is 13. The average molecular weight is 828 g/mol. The second kappa shape index (κ2) is 16.9. The van der Waals surface area contributed by atoms with Crippen molar-refractivity contribution >= 4 is 17.2 Å². The summed E-state index contributed by atoms with van der Waals surface area (Å²) in [5.41, 5.74) is 6.28. The van der Waals surface area contributed by atoms with Gasteiger partial charge in [0, 0.05) is 22.3 Å². The number of rotatable bonds is 7. The van der Waals surface area contributed by atoms with Gasteiger partial charge in [-0.1, -0.05) is 10.3 Å². The Morgan fingerprint density at radius 3 is 1.68 bits per heavy atom. The summed E-state index contributed by atoms with van der Waals surface area (Å²) in [5, 5.41) is 16.2. The third-order valence-corrected chi connectivity index (χ3v) is 8.58. The van der Waals surface area contributed by atoms with E-state index in [1.165, 1.54) is 53.1 Å². The van der Waals surface area contributed by atoms with Crippen LogP contribution in [0.2, 0.25) is 0 Å². The Labute approximate surface area is 328 Å². The van der Waals surface area contributed by atoms with Gasteiger partial charge in [0.2, 0.25) is 0 Å². The van der Waals surface area contributed by atoms with Crippen LogP contribution in [0.3, 0.4) is 0 Å². The van der Waals surface area contributed by atoms with Crippen molar-refractivity contribution in [2.45, 2.75) is 60.0 Å². The molecular weight excluding hydrogens is 796 g/mol. The number of aliphatic hydroxyl groups excluding tert-OH is 1. The van der Waals surface area contributed by atoms with Gasteiger partial charge in [-0.2, -0.15) is 0 Å². The van der Waals surface area contributed by atoms with Crippen LogP contribution in [0.1, 0.15) is 39.7 Å². The van der Waals surface area contributed by atoms with Crippen LogP contribution in [0.15, 0.2) is 91.1 Å². The molecule has 0 fully saturated rings. The zero-order valence-electron chi connectivity index (χ0n) is 31.3. The van der Waals surface area contributed by atoms with E-state index >= 15 is 0 Å². The minimum atomic E-state index is -4.76. The van der Waals surface area contributed by atoms with Gasteiger partial charge in [0.15, 0.2) is 17.0 Å². The van der Waals surface area contributed by atoms with Gasteiger partial charge in [0.05, 0.1) is 48.0 Å². The Balaban J connectivity index is 0.000000169. The molecule has 1 N–H and O–H groups in total. The van der Waals surface area contributed by atoms with Crippen molar-refractivity contribution in [2.75, 3.05) is 0 Å². The number of nitrogens with zero attached hydrogens (tertiary/aromatic N) is 5. The van der Waals surface area contributed by atoms with Crippen molar-refractivity contribution in [2.24, 2.45) is 0 Å². The number of oxazole rings is 1. The molecule has 14 nitrogen and oxygen atoms in total. The van der Waals surface area contributed by atoms with Gasteiger partial charge >= 0.3 is 24.5 Å². The molecule has 2 aromatic carbocycles. The number of fused-ring (bicyclic) bond motifs is 2. The predicted molar refractivity (Wildman–Crippen MR) is 193 cm³/mol. The van der Waals surface area contributed by atoms with Crippen LogP contribution in [0.5, 0.6) is 17.2 Å². The van der Waals surface area contributed by atoms with Gasteiger partial charge in [-0.05, 0) is 100 Å². The summed E-state index contributed by atoms with van der Waals surface area (Å²) in [4.78, 5) is 32.2. The van der Waals surface area contributed by atoms with Crippen molar-refractivity contribution in [3.63, 3.8) is 0 Å². The Bertz CT molecular complexity index is 2610. The SMILES string of the molecule is Cc1noc(C)c1CO.Cc1noc(C)c1Cn1c(=O)oc2ccc(-c3ccc(OC(F)(F)F)cc3)nc21.O=C1Cc2nc(-c3ccc(OC(F)(F)F)cc3)ccc2O1. The van der Waals surface area contributed by atoms with Crippen LogP contribution in [-0.2, 0) is 24.4 Å². The number of aliphatic hydroxyl groups is 1. The molecule has 0 aliphatic carbocycles. The van der Waals surface area contributed by atoms with Crippen LogP contribution in [0.25, 0.3) is 33.7 Å². The first-order valence-corrected chi connectivity index (χ1v) is 17.2. The number of esters is 1. The number of alkyl halides is 6. The predicted octanol–water partition coefficient (Wildman–Crippen LogP) is 8.10. The summed E-state index contributed by atoms with van der Waals surface area (Å²) < 4.78 is 102. The highest BCUT2D eigenvalue weighted by Gasteiger charge is 2.32. The molecule has 0 saturated heterocycles. The molecule has 7 aromatic rings. The number of pyridine rings is 2. The quantitative estimate of drug-likeness (QED) is 0.121. The van der Waals surface area contributed by atoms with Gasteiger partial charge in [-0.25, -0.2) is 14.8 Å². The molecule has 20 heteroatoms.